The third-order valence-electron chi connectivity index (χ3n) is 10.9. The fraction of sp³-hybridized carbons (Fsp3) is 0.465. The van der Waals surface area contributed by atoms with Crippen LogP contribution in [0.4, 0.5) is 27.1 Å². The number of fused-ring (bicyclic) bond motifs is 1. The van der Waals surface area contributed by atoms with Gasteiger partial charge in [0.15, 0.2) is 5.13 Å². The molecule has 6 atom stereocenters. The van der Waals surface area contributed by atoms with Gasteiger partial charge in [-0.15, -0.1) is 17.9 Å². The molecule has 2 aromatic carbocycles. The van der Waals surface area contributed by atoms with E-state index in [1.165, 1.54) is 36.3 Å². The number of carbonyl (C=O) groups excluding carboxylic acids is 2. The number of alkyl halides is 3. The summed E-state index contributed by atoms with van der Waals surface area (Å²) in [6.45, 7) is 12.4. The van der Waals surface area contributed by atoms with Gasteiger partial charge in [-0.1, -0.05) is 32.9 Å². The SMILES string of the molecule is C=C[C@@H]1C[C@]1(NC(=O)[C@@H]1CC(Oc2cc(-c3csc(NC(C)C)n3)nc3cc(OC)ccc23)CN1C(=O)[C@@H](NC(C)=NCC(F)(F)F)C(C)(C)C)P(=O)(O)Cc1c(F)cccc1F. The number of nitrogens with one attached hydrogen (secondary N) is 3. The van der Waals surface area contributed by atoms with Crippen LogP contribution >= 0.6 is 18.7 Å². The molecule has 1 saturated carbocycles. The number of methoxy groups -OCH3 is 1. The third-order valence-corrected chi connectivity index (χ3v) is 14.3. The Hall–Kier alpha value is -5.13. The maximum absolute atomic E-state index is 14.8. The Kier molecular flexibility index (Phi) is 13.6. The molecule has 13 nitrogen and oxygen atoms in total. The molecule has 1 aliphatic carbocycles. The summed E-state index contributed by atoms with van der Waals surface area (Å²) in [5.74, 6) is -3.67. The lowest BCUT2D eigenvalue weighted by molar-refractivity contribution is -0.142. The van der Waals surface area contributed by atoms with Crippen molar-refractivity contribution in [3.63, 3.8) is 0 Å². The number of rotatable bonds is 15. The summed E-state index contributed by atoms with van der Waals surface area (Å²) >= 11 is 1.39. The Balaban J connectivity index is 1.38. The third kappa shape index (κ3) is 10.6. The van der Waals surface area contributed by atoms with Crippen LogP contribution in [-0.2, 0) is 20.3 Å². The molecule has 4 N–H and O–H groups in total. The van der Waals surface area contributed by atoms with Gasteiger partial charge in [0.2, 0.25) is 19.2 Å². The van der Waals surface area contributed by atoms with Crippen LogP contribution in [-0.4, -0.2) is 93.3 Å². The number of pyridine rings is 1. The van der Waals surface area contributed by atoms with Crippen LogP contribution in [0.25, 0.3) is 22.3 Å². The summed E-state index contributed by atoms with van der Waals surface area (Å²) in [6, 6.07) is 7.48. The average Bonchev–Trinajstić information content (AvgIpc) is 3.48. The van der Waals surface area contributed by atoms with Gasteiger partial charge in [0.05, 0.1) is 36.9 Å². The van der Waals surface area contributed by atoms with Crippen molar-refractivity contribution in [3.05, 3.63) is 77.7 Å². The molecule has 2 aliphatic rings. The molecule has 0 bridgehead atoms. The zero-order valence-electron chi connectivity index (χ0n) is 35.8. The normalized spacial score (nSPS) is 21.8. The van der Waals surface area contributed by atoms with Crippen molar-refractivity contribution in [2.24, 2.45) is 16.3 Å². The van der Waals surface area contributed by atoms with E-state index in [1.807, 2.05) is 19.2 Å². The Labute approximate surface area is 366 Å². The molecule has 6 rings (SSSR count). The number of thiazole rings is 1. The van der Waals surface area contributed by atoms with Crippen LogP contribution in [0.15, 0.2) is 65.5 Å². The van der Waals surface area contributed by atoms with E-state index in [1.54, 1.807) is 45.0 Å². The van der Waals surface area contributed by atoms with Gasteiger partial charge in [0.1, 0.15) is 58.8 Å². The van der Waals surface area contributed by atoms with Crippen molar-refractivity contribution in [2.75, 3.05) is 25.5 Å². The summed E-state index contributed by atoms with van der Waals surface area (Å²) in [7, 11) is -3.15. The highest BCUT2D eigenvalue weighted by molar-refractivity contribution is 7.59. The van der Waals surface area contributed by atoms with Gasteiger partial charge in [-0.05, 0) is 56.9 Å². The van der Waals surface area contributed by atoms with E-state index in [4.69, 9.17) is 19.4 Å². The minimum atomic E-state index is -4.67. The predicted molar refractivity (Wildman–Crippen MR) is 232 cm³/mol. The van der Waals surface area contributed by atoms with Crippen LogP contribution < -0.4 is 25.4 Å². The lowest BCUT2D eigenvalue weighted by Crippen LogP contribution is -2.58. The van der Waals surface area contributed by atoms with Gasteiger partial charge >= 0.3 is 6.18 Å². The summed E-state index contributed by atoms with van der Waals surface area (Å²) in [6.07, 6.45) is -5.27. The lowest BCUT2D eigenvalue weighted by Gasteiger charge is -2.36. The molecule has 0 radical (unpaired) electrons. The molecule has 2 amide bonds. The van der Waals surface area contributed by atoms with Crippen LogP contribution in [0.3, 0.4) is 0 Å². The van der Waals surface area contributed by atoms with E-state index in [0.29, 0.717) is 38.9 Å². The number of benzene rings is 2. The molecular weight excluding hydrogens is 869 g/mol. The van der Waals surface area contributed by atoms with E-state index in [-0.39, 0.29) is 31.3 Å². The molecule has 20 heteroatoms. The van der Waals surface area contributed by atoms with Crippen molar-refractivity contribution in [1.29, 1.82) is 0 Å². The second kappa shape index (κ2) is 18.2. The van der Waals surface area contributed by atoms with Gasteiger partial charge in [0, 0.05) is 46.8 Å². The fourth-order valence-corrected chi connectivity index (χ4v) is 10.8. The van der Waals surface area contributed by atoms with Gasteiger partial charge in [-0.3, -0.25) is 19.1 Å². The van der Waals surface area contributed by atoms with Crippen LogP contribution in [0.1, 0.15) is 59.9 Å². The predicted octanol–water partition coefficient (Wildman–Crippen LogP) is 8.29. The number of hydrogen-bond donors (Lipinski definition) is 4. The number of amides is 2. The molecule has 4 aromatic rings. The molecule has 2 fully saturated rings. The van der Waals surface area contributed by atoms with E-state index in [2.05, 4.69) is 27.5 Å². The van der Waals surface area contributed by atoms with Crippen molar-refractivity contribution in [3.8, 4) is 22.9 Å². The van der Waals surface area contributed by atoms with E-state index >= 15 is 0 Å². The summed E-state index contributed by atoms with van der Waals surface area (Å²) in [4.78, 5) is 55.3. The number of likely N-dealkylation sites (tertiary alicyclic amines) is 1. The molecule has 1 saturated heterocycles. The first-order chi connectivity index (χ1) is 29.4. The molecular formula is C43H51F5N7O6PS. The Bertz CT molecular complexity index is 2440. The maximum Gasteiger partial charge on any atom is 0.408 e. The van der Waals surface area contributed by atoms with Crippen LogP contribution in [0.2, 0.25) is 0 Å². The van der Waals surface area contributed by atoms with E-state index in [0.717, 1.165) is 18.2 Å². The zero-order valence-corrected chi connectivity index (χ0v) is 37.6. The smallest absolute Gasteiger partial charge is 0.408 e. The first kappa shape index (κ1) is 47.4. The first-order valence-corrected chi connectivity index (χ1v) is 22.9. The lowest BCUT2D eigenvalue weighted by atomic mass is 9.85. The summed E-state index contributed by atoms with van der Waals surface area (Å²) in [5, 5.41) is 10.0. The highest BCUT2D eigenvalue weighted by Gasteiger charge is 2.66. The Morgan fingerprint density at radius 1 is 1.13 bits per heavy atom. The molecule has 2 unspecified atom stereocenters. The van der Waals surface area contributed by atoms with Crippen molar-refractivity contribution in [1.82, 2.24) is 25.5 Å². The average molecular weight is 920 g/mol. The van der Waals surface area contributed by atoms with Gasteiger partial charge < -0.3 is 35.2 Å². The van der Waals surface area contributed by atoms with E-state index < -0.39 is 90.1 Å². The number of ether oxygens (including phenoxy) is 2. The number of hydrogen-bond acceptors (Lipinski definition) is 10. The van der Waals surface area contributed by atoms with Gasteiger partial charge in [0.25, 0.3) is 0 Å². The highest BCUT2D eigenvalue weighted by atomic mass is 32.1. The Morgan fingerprint density at radius 3 is 2.43 bits per heavy atom. The van der Waals surface area contributed by atoms with Gasteiger partial charge in [-0.25, -0.2) is 18.7 Å². The topological polar surface area (TPSA) is 167 Å². The zero-order chi connectivity index (χ0) is 46.2. The number of carbonyl (C=O) groups is 2. The van der Waals surface area contributed by atoms with Crippen LogP contribution in [0, 0.1) is 23.0 Å². The Morgan fingerprint density at radius 2 is 1.83 bits per heavy atom. The number of halogens is 5. The minimum Gasteiger partial charge on any atom is -0.497 e. The quantitative estimate of drug-likeness (QED) is 0.0300. The standard InChI is InChI=1S/C43H51F5N7O6PS/c1-9-25-18-42(25,62(58,59)20-29-30(44)11-10-12-31(29)45)54-38(56)35-16-27(19-55(35)39(57)37(41(5,6)7)51-24(4)49-22-43(46,47)48)61-36-17-33(34-21-63-40(53-34)50-23(2)3)52-32-15-26(60-8)13-14-28(32)36/h9-15,17,21,23,25,27,35,37H,1,16,18-20,22H2,2-8H3,(H,49,51)(H,50,53)(H,54,56)(H,58,59)/t25-,27?,35+,37-,42+/m1/s1. The largest absolute Gasteiger partial charge is 0.497 e. The monoisotopic (exact) mass is 919 g/mol. The number of amidine groups is 1. The molecule has 340 valence electrons. The van der Waals surface area contributed by atoms with Crippen LogP contribution in [0.5, 0.6) is 11.5 Å². The number of nitrogens with zero attached hydrogens (tertiary/aromatic N) is 4. The van der Waals surface area contributed by atoms with Crippen molar-refractivity contribution < 1.29 is 50.5 Å². The molecule has 1 aliphatic heterocycles. The second-order valence-electron chi connectivity index (χ2n) is 17.2. The number of aromatic nitrogens is 2. The van der Waals surface area contributed by atoms with Gasteiger partial charge in [-0.2, -0.15) is 13.2 Å². The molecule has 2 aromatic heterocycles. The first-order valence-electron chi connectivity index (χ1n) is 20.2. The highest BCUT2D eigenvalue weighted by Crippen LogP contribution is 2.71. The number of anilines is 1. The number of aliphatic imine (C=N–C) groups is 1. The minimum absolute atomic E-state index is 0.0754. The summed E-state index contributed by atoms with van der Waals surface area (Å²) < 4.78 is 95.3. The van der Waals surface area contributed by atoms with Crippen molar-refractivity contribution >= 4 is 52.4 Å². The van der Waals surface area contributed by atoms with Crippen molar-refractivity contribution in [2.45, 2.75) is 96.2 Å². The molecule has 0 spiro atoms. The maximum atomic E-state index is 14.8. The second-order valence-corrected chi connectivity index (χ2v) is 20.6. The summed E-state index contributed by atoms with van der Waals surface area (Å²) in [5.41, 5.74) is -0.0638. The molecule has 63 heavy (non-hydrogen) atoms. The molecule has 3 heterocycles. The van der Waals surface area contributed by atoms with E-state index in [9.17, 15) is 41.0 Å². The fourth-order valence-electron chi connectivity index (χ4n) is 7.59.